The molecule has 0 aliphatic heterocycles. The average Bonchev–Trinajstić information content (AvgIpc) is 2.26. The van der Waals surface area contributed by atoms with Gasteiger partial charge in [-0.25, -0.2) is 0 Å². The molecule has 0 saturated heterocycles. The summed E-state index contributed by atoms with van der Waals surface area (Å²) in [7, 11) is 1.33. The van der Waals surface area contributed by atoms with Gasteiger partial charge in [-0.1, -0.05) is 22.0 Å². The second kappa shape index (κ2) is 6.01. The highest BCUT2D eigenvalue weighted by atomic mass is 79.9. The van der Waals surface area contributed by atoms with Crippen LogP contribution >= 0.6 is 27.5 Å². The molecular weight excluding hydrogens is 295 g/mol. The smallest absolute Gasteiger partial charge is 0.305 e. The summed E-state index contributed by atoms with van der Waals surface area (Å²) in [6, 6.07) is 5.21. The lowest BCUT2D eigenvalue weighted by molar-refractivity contribution is -0.140. The van der Waals surface area contributed by atoms with Gasteiger partial charge in [0.25, 0.3) is 5.24 Å². The summed E-state index contributed by atoms with van der Waals surface area (Å²) in [5.41, 5.74) is 1.16. The van der Waals surface area contributed by atoms with Crippen LogP contribution in [-0.4, -0.2) is 18.3 Å². The first-order valence-corrected chi connectivity index (χ1v) is 5.76. The molecule has 0 aliphatic rings. The molecule has 1 aromatic carbocycles. The first kappa shape index (κ1) is 13.2. The Morgan fingerprint density at radius 3 is 2.69 bits per heavy atom. The Morgan fingerprint density at radius 1 is 1.44 bits per heavy atom. The molecule has 0 atom stereocenters. The zero-order valence-electron chi connectivity index (χ0n) is 8.63. The minimum Gasteiger partial charge on any atom is -0.469 e. The van der Waals surface area contributed by atoms with Crippen molar-refractivity contribution >= 4 is 38.7 Å². The summed E-state index contributed by atoms with van der Waals surface area (Å²) in [6.45, 7) is 0. The van der Waals surface area contributed by atoms with Gasteiger partial charge in [0, 0.05) is 16.5 Å². The number of benzene rings is 1. The van der Waals surface area contributed by atoms with E-state index < -0.39 is 5.24 Å². The van der Waals surface area contributed by atoms with Crippen molar-refractivity contribution in [1.29, 1.82) is 0 Å². The fraction of sp³-hybridized carbons (Fsp3) is 0.273. The highest BCUT2D eigenvalue weighted by Crippen LogP contribution is 2.19. The number of ether oxygens (including phenoxy) is 1. The third kappa shape index (κ3) is 3.61. The number of carbonyl (C=O) groups excluding carboxylic acids is 2. The molecule has 0 aliphatic carbocycles. The number of carbonyl (C=O) groups is 2. The standard InChI is InChI=1S/C11H10BrClO3/c1-16-10(14)5-3-7-2-4-8(12)6-9(7)11(13)15/h2,4,6H,3,5H2,1H3. The minimum absolute atomic E-state index is 0.231. The normalized spacial score (nSPS) is 9.94. The molecule has 0 radical (unpaired) electrons. The second-order valence-electron chi connectivity index (χ2n) is 3.15. The maximum absolute atomic E-state index is 11.2. The first-order chi connectivity index (χ1) is 7.54. The third-order valence-corrected chi connectivity index (χ3v) is 2.81. The van der Waals surface area contributed by atoms with Gasteiger partial charge in [-0.05, 0) is 35.7 Å². The summed E-state index contributed by atoms with van der Waals surface area (Å²) in [6.07, 6.45) is 0.670. The van der Waals surface area contributed by atoms with E-state index in [0.717, 1.165) is 10.0 Å². The fourth-order valence-corrected chi connectivity index (χ4v) is 1.83. The molecule has 0 fully saturated rings. The maximum Gasteiger partial charge on any atom is 0.305 e. The predicted octanol–water partition coefficient (Wildman–Crippen LogP) is 2.93. The van der Waals surface area contributed by atoms with Crippen molar-refractivity contribution in [2.75, 3.05) is 7.11 Å². The van der Waals surface area contributed by atoms with Crippen LogP contribution in [0.25, 0.3) is 0 Å². The van der Waals surface area contributed by atoms with E-state index in [0.29, 0.717) is 12.0 Å². The molecule has 0 bridgehead atoms. The van der Waals surface area contributed by atoms with Crippen molar-refractivity contribution in [3.63, 3.8) is 0 Å². The molecule has 86 valence electrons. The Labute approximate surface area is 107 Å². The monoisotopic (exact) mass is 304 g/mol. The van der Waals surface area contributed by atoms with E-state index in [1.807, 2.05) is 0 Å². The van der Waals surface area contributed by atoms with Crippen LogP contribution in [0.3, 0.4) is 0 Å². The van der Waals surface area contributed by atoms with Gasteiger partial charge in [-0.2, -0.15) is 0 Å². The van der Waals surface area contributed by atoms with E-state index in [-0.39, 0.29) is 12.4 Å². The number of hydrogen-bond acceptors (Lipinski definition) is 3. The SMILES string of the molecule is COC(=O)CCc1ccc(Br)cc1C(=O)Cl. The van der Waals surface area contributed by atoms with Gasteiger partial charge in [0.15, 0.2) is 0 Å². The highest BCUT2D eigenvalue weighted by molar-refractivity contribution is 9.10. The Kier molecular flexibility index (Phi) is 4.96. The van der Waals surface area contributed by atoms with Crippen LogP contribution in [-0.2, 0) is 16.0 Å². The summed E-state index contributed by atoms with van der Waals surface area (Å²) < 4.78 is 5.31. The van der Waals surface area contributed by atoms with Crippen molar-refractivity contribution in [2.45, 2.75) is 12.8 Å². The quantitative estimate of drug-likeness (QED) is 0.634. The highest BCUT2D eigenvalue weighted by Gasteiger charge is 2.11. The van der Waals surface area contributed by atoms with Crippen LogP contribution in [0.2, 0.25) is 0 Å². The molecule has 3 nitrogen and oxygen atoms in total. The number of methoxy groups -OCH3 is 1. The molecule has 16 heavy (non-hydrogen) atoms. The van der Waals surface area contributed by atoms with E-state index in [4.69, 9.17) is 11.6 Å². The summed E-state index contributed by atoms with van der Waals surface area (Å²) in [5, 5.41) is -0.527. The van der Waals surface area contributed by atoms with Gasteiger partial charge < -0.3 is 4.74 Å². The van der Waals surface area contributed by atoms with E-state index >= 15 is 0 Å². The summed E-state index contributed by atoms with van der Waals surface area (Å²) in [4.78, 5) is 22.1. The third-order valence-electron chi connectivity index (χ3n) is 2.11. The number of rotatable bonds is 4. The number of hydrogen-bond donors (Lipinski definition) is 0. The summed E-state index contributed by atoms with van der Waals surface area (Å²) in [5.74, 6) is -0.309. The van der Waals surface area contributed by atoms with Crippen LogP contribution in [0, 0.1) is 0 Å². The molecule has 1 rings (SSSR count). The first-order valence-electron chi connectivity index (χ1n) is 4.59. The Hall–Kier alpha value is -0.870. The molecule has 1 aromatic rings. The Bertz CT molecular complexity index is 418. The van der Waals surface area contributed by atoms with Crippen LogP contribution in [0.1, 0.15) is 22.3 Å². The van der Waals surface area contributed by atoms with Crippen LogP contribution in [0.4, 0.5) is 0 Å². The van der Waals surface area contributed by atoms with Crippen molar-refractivity contribution in [2.24, 2.45) is 0 Å². The van der Waals surface area contributed by atoms with Gasteiger partial charge >= 0.3 is 5.97 Å². The molecule has 0 amide bonds. The van der Waals surface area contributed by atoms with Gasteiger partial charge in [0.05, 0.1) is 7.11 Å². The van der Waals surface area contributed by atoms with Crippen molar-refractivity contribution in [3.05, 3.63) is 33.8 Å². The Morgan fingerprint density at radius 2 is 2.12 bits per heavy atom. The van der Waals surface area contributed by atoms with Gasteiger partial charge in [0.1, 0.15) is 0 Å². The molecule has 0 N–H and O–H groups in total. The predicted molar refractivity (Wildman–Crippen MR) is 64.7 cm³/mol. The van der Waals surface area contributed by atoms with E-state index in [1.54, 1.807) is 18.2 Å². The molecule has 0 unspecified atom stereocenters. The van der Waals surface area contributed by atoms with E-state index in [1.165, 1.54) is 7.11 Å². The lowest BCUT2D eigenvalue weighted by Crippen LogP contribution is -2.04. The van der Waals surface area contributed by atoms with Crippen LogP contribution < -0.4 is 0 Å². The number of aryl methyl sites for hydroxylation is 1. The minimum atomic E-state index is -0.527. The second-order valence-corrected chi connectivity index (χ2v) is 4.41. The zero-order valence-corrected chi connectivity index (χ0v) is 11.0. The number of halogens is 2. The van der Waals surface area contributed by atoms with E-state index in [9.17, 15) is 9.59 Å². The lowest BCUT2D eigenvalue weighted by atomic mass is 10.0. The largest absolute Gasteiger partial charge is 0.469 e. The van der Waals surface area contributed by atoms with Crippen molar-refractivity contribution in [3.8, 4) is 0 Å². The van der Waals surface area contributed by atoms with Gasteiger partial charge in [0.2, 0.25) is 0 Å². The average molecular weight is 306 g/mol. The lowest BCUT2D eigenvalue weighted by Gasteiger charge is -2.05. The van der Waals surface area contributed by atoms with Gasteiger partial charge in [-0.15, -0.1) is 0 Å². The van der Waals surface area contributed by atoms with E-state index in [2.05, 4.69) is 20.7 Å². The van der Waals surface area contributed by atoms with Gasteiger partial charge in [-0.3, -0.25) is 9.59 Å². The molecule has 5 heteroatoms. The fourth-order valence-electron chi connectivity index (χ4n) is 1.29. The van der Waals surface area contributed by atoms with Crippen LogP contribution in [0.15, 0.2) is 22.7 Å². The topological polar surface area (TPSA) is 43.4 Å². The zero-order chi connectivity index (χ0) is 12.1. The molecule has 0 aromatic heterocycles. The maximum atomic E-state index is 11.2. The number of esters is 1. The summed E-state index contributed by atoms with van der Waals surface area (Å²) >= 11 is 8.71. The van der Waals surface area contributed by atoms with Crippen LogP contribution in [0.5, 0.6) is 0 Å². The molecule has 0 saturated carbocycles. The van der Waals surface area contributed by atoms with Crippen molar-refractivity contribution in [1.82, 2.24) is 0 Å². The van der Waals surface area contributed by atoms with Crippen molar-refractivity contribution < 1.29 is 14.3 Å². The molecule has 0 spiro atoms. The molecule has 0 heterocycles. The molecular formula is C11H10BrClO3. The Balaban J connectivity index is 2.87.